The molecule has 0 aromatic carbocycles. The van der Waals surface area contributed by atoms with Crippen molar-refractivity contribution in [1.29, 1.82) is 0 Å². The van der Waals surface area contributed by atoms with Gasteiger partial charge < -0.3 is 19.9 Å². The second-order valence-electron chi connectivity index (χ2n) is 7.14. The standard InChI is InChI=1S/C19H31N5O3/c1-5-10-23-18(27)16-12-15(21-24(16)13-19(23,4)14-25)17(26)20-9-8-11-22(6-2)7-3/h12,14H,5-11,13H2,1-4H3,(H,20,26). The first-order chi connectivity index (χ1) is 12.9. The summed E-state index contributed by atoms with van der Waals surface area (Å²) in [7, 11) is 0. The number of carbonyl (C=O) groups excluding carboxylic acids is 3. The van der Waals surface area contributed by atoms with Gasteiger partial charge >= 0.3 is 0 Å². The molecule has 0 radical (unpaired) electrons. The van der Waals surface area contributed by atoms with Crippen LogP contribution in [0.2, 0.25) is 0 Å². The van der Waals surface area contributed by atoms with Gasteiger partial charge in [-0.2, -0.15) is 5.10 Å². The Morgan fingerprint density at radius 2 is 2.07 bits per heavy atom. The lowest BCUT2D eigenvalue weighted by Gasteiger charge is -2.40. The average Bonchev–Trinajstić information content (AvgIpc) is 3.09. The fourth-order valence-corrected chi connectivity index (χ4v) is 3.40. The molecule has 0 spiro atoms. The second-order valence-corrected chi connectivity index (χ2v) is 7.14. The van der Waals surface area contributed by atoms with Crippen molar-refractivity contribution in [1.82, 2.24) is 24.9 Å². The summed E-state index contributed by atoms with van der Waals surface area (Å²) in [5.41, 5.74) is -0.368. The number of fused-ring (bicyclic) bond motifs is 1. The highest BCUT2D eigenvalue weighted by molar-refractivity contribution is 5.99. The molecular weight excluding hydrogens is 346 g/mol. The monoisotopic (exact) mass is 377 g/mol. The zero-order valence-electron chi connectivity index (χ0n) is 16.8. The topological polar surface area (TPSA) is 87.5 Å². The number of nitrogens with zero attached hydrogens (tertiary/aromatic N) is 4. The van der Waals surface area contributed by atoms with Gasteiger partial charge in [0, 0.05) is 19.2 Å². The molecule has 1 N–H and O–H groups in total. The number of hydrogen-bond acceptors (Lipinski definition) is 5. The van der Waals surface area contributed by atoms with E-state index < -0.39 is 5.54 Å². The number of hydrogen-bond donors (Lipinski definition) is 1. The Balaban J connectivity index is 2.05. The molecule has 1 aromatic rings. The fourth-order valence-electron chi connectivity index (χ4n) is 3.40. The minimum Gasteiger partial charge on any atom is -0.351 e. The van der Waals surface area contributed by atoms with E-state index in [4.69, 9.17) is 0 Å². The van der Waals surface area contributed by atoms with Crippen LogP contribution in [0.1, 0.15) is 61.5 Å². The molecule has 2 rings (SSSR count). The molecule has 8 heteroatoms. The van der Waals surface area contributed by atoms with Crippen LogP contribution in [-0.2, 0) is 11.3 Å². The van der Waals surface area contributed by atoms with Gasteiger partial charge in [-0.05, 0) is 39.4 Å². The normalized spacial score (nSPS) is 19.3. The third-order valence-corrected chi connectivity index (χ3v) is 5.10. The van der Waals surface area contributed by atoms with Crippen molar-refractivity contribution in [2.24, 2.45) is 0 Å². The molecule has 8 nitrogen and oxygen atoms in total. The molecule has 0 saturated carbocycles. The van der Waals surface area contributed by atoms with Gasteiger partial charge in [-0.25, -0.2) is 0 Å². The Bertz CT molecular complexity index is 683. The van der Waals surface area contributed by atoms with Gasteiger partial charge in [0.15, 0.2) is 5.69 Å². The third-order valence-electron chi connectivity index (χ3n) is 5.10. The molecule has 1 aromatic heterocycles. The fraction of sp³-hybridized carbons (Fsp3) is 0.684. The molecule has 2 heterocycles. The van der Waals surface area contributed by atoms with Crippen LogP contribution in [0.4, 0.5) is 0 Å². The number of nitrogens with one attached hydrogen (secondary N) is 1. The predicted octanol–water partition coefficient (Wildman–Crippen LogP) is 1.17. The summed E-state index contributed by atoms with van der Waals surface area (Å²) in [4.78, 5) is 40.7. The second kappa shape index (κ2) is 9.12. The summed E-state index contributed by atoms with van der Waals surface area (Å²) in [5.74, 6) is -0.551. The first-order valence-corrected chi connectivity index (χ1v) is 9.76. The van der Waals surface area contributed by atoms with Gasteiger partial charge in [0.05, 0.1) is 6.54 Å². The number of aldehydes is 1. The van der Waals surface area contributed by atoms with Crippen LogP contribution in [-0.4, -0.2) is 75.9 Å². The molecule has 1 aliphatic heterocycles. The van der Waals surface area contributed by atoms with E-state index in [9.17, 15) is 14.4 Å². The van der Waals surface area contributed by atoms with Crippen molar-refractivity contribution >= 4 is 18.1 Å². The number of aromatic nitrogens is 2. The Morgan fingerprint density at radius 3 is 2.67 bits per heavy atom. The summed E-state index contributed by atoms with van der Waals surface area (Å²) in [6.07, 6.45) is 2.40. The van der Waals surface area contributed by atoms with Gasteiger partial charge in [-0.3, -0.25) is 14.3 Å². The molecule has 0 bridgehead atoms. The lowest BCUT2D eigenvalue weighted by atomic mass is 9.98. The van der Waals surface area contributed by atoms with Crippen molar-refractivity contribution in [2.45, 2.75) is 52.6 Å². The van der Waals surface area contributed by atoms with Crippen LogP contribution >= 0.6 is 0 Å². The van der Waals surface area contributed by atoms with Gasteiger partial charge in [0.25, 0.3) is 11.8 Å². The quantitative estimate of drug-likeness (QED) is 0.488. The first kappa shape index (κ1) is 21.1. The highest BCUT2D eigenvalue weighted by Crippen LogP contribution is 2.25. The zero-order valence-corrected chi connectivity index (χ0v) is 16.8. The maximum Gasteiger partial charge on any atom is 0.273 e. The van der Waals surface area contributed by atoms with Crippen molar-refractivity contribution < 1.29 is 14.4 Å². The van der Waals surface area contributed by atoms with Crippen LogP contribution in [0.25, 0.3) is 0 Å². The molecule has 27 heavy (non-hydrogen) atoms. The molecule has 1 aliphatic rings. The number of rotatable bonds is 10. The van der Waals surface area contributed by atoms with Gasteiger partial charge in [-0.1, -0.05) is 20.8 Å². The van der Waals surface area contributed by atoms with Crippen LogP contribution in [0.5, 0.6) is 0 Å². The first-order valence-electron chi connectivity index (χ1n) is 9.76. The smallest absolute Gasteiger partial charge is 0.273 e. The molecule has 1 unspecified atom stereocenters. The van der Waals surface area contributed by atoms with Crippen molar-refractivity contribution in [3.8, 4) is 0 Å². The summed E-state index contributed by atoms with van der Waals surface area (Å²) in [6, 6.07) is 1.52. The highest BCUT2D eigenvalue weighted by atomic mass is 16.2. The zero-order chi connectivity index (χ0) is 20.0. The molecule has 1 atom stereocenters. The summed E-state index contributed by atoms with van der Waals surface area (Å²) in [5, 5.41) is 7.13. The van der Waals surface area contributed by atoms with E-state index in [1.54, 1.807) is 11.8 Å². The maximum absolute atomic E-state index is 12.8. The third kappa shape index (κ3) is 4.55. The highest BCUT2D eigenvalue weighted by Gasteiger charge is 2.42. The summed E-state index contributed by atoms with van der Waals surface area (Å²) in [6.45, 7) is 12.1. The SMILES string of the molecule is CCCN1C(=O)c2cc(C(=O)NCCCN(CC)CC)nn2CC1(C)C=O. The lowest BCUT2D eigenvalue weighted by Crippen LogP contribution is -2.58. The Morgan fingerprint density at radius 1 is 1.37 bits per heavy atom. The molecule has 0 aliphatic carbocycles. The molecular formula is C19H31N5O3. The van der Waals surface area contributed by atoms with Gasteiger partial charge in [-0.15, -0.1) is 0 Å². The van der Waals surface area contributed by atoms with Crippen molar-refractivity contribution in [3.63, 3.8) is 0 Å². The van der Waals surface area contributed by atoms with E-state index >= 15 is 0 Å². The van der Waals surface area contributed by atoms with E-state index in [1.165, 1.54) is 10.7 Å². The molecule has 150 valence electrons. The summed E-state index contributed by atoms with van der Waals surface area (Å²) >= 11 is 0. The van der Waals surface area contributed by atoms with E-state index in [0.717, 1.165) is 38.8 Å². The largest absolute Gasteiger partial charge is 0.351 e. The maximum atomic E-state index is 12.8. The Hall–Kier alpha value is -2.22. The van der Waals surface area contributed by atoms with Crippen LogP contribution in [0.15, 0.2) is 6.07 Å². The number of amides is 2. The van der Waals surface area contributed by atoms with E-state index in [-0.39, 0.29) is 24.1 Å². The molecule has 0 saturated heterocycles. The minimum atomic E-state index is -0.941. The van der Waals surface area contributed by atoms with Crippen LogP contribution < -0.4 is 5.32 Å². The van der Waals surface area contributed by atoms with Crippen molar-refractivity contribution in [2.75, 3.05) is 32.7 Å². The molecule has 0 fully saturated rings. The van der Waals surface area contributed by atoms with Gasteiger partial charge in [0.1, 0.15) is 17.5 Å². The van der Waals surface area contributed by atoms with E-state index in [1.807, 2.05) is 6.92 Å². The summed E-state index contributed by atoms with van der Waals surface area (Å²) < 4.78 is 1.48. The van der Waals surface area contributed by atoms with Crippen molar-refractivity contribution in [3.05, 3.63) is 17.5 Å². The Kier molecular flexibility index (Phi) is 7.12. The van der Waals surface area contributed by atoms with E-state index in [0.29, 0.717) is 18.8 Å². The predicted molar refractivity (Wildman–Crippen MR) is 103 cm³/mol. The average molecular weight is 377 g/mol. The molecule has 2 amide bonds. The van der Waals surface area contributed by atoms with Gasteiger partial charge in [0.2, 0.25) is 0 Å². The Labute approximate surface area is 160 Å². The minimum absolute atomic E-state index is 0.216. The lowest BCUT2D eigenvalue weighted by molar-refractivity contribution is -0.118. The van der Waals surface area contributed by atoms with Crippen LogP contribution in [0.3, 0.4) is 0 Å². The van der Waals surface area contributed by atoms with Crippen LogP contribution in [0, 0.1) is 0 Å². The number of carbonyl (C=O) groups is 3. The van der Waals surface area contributed by atoms with E-state index in [2.05, 4.69) is 29.2 Å².